The Morgan fingerprint density at radius 3 is 2.76 bits per heavy atom. The van der Waals surface area contributed by atoms with Crippen molar-refractivity contribution in [1.29, 1.82) is 0 Å². The Morgan fingerprint density at radius 1 is 1.20 bits per heavy atom. The molecule has 3 rings (SSSR count). The third-order valence-corrected chi connectivity index (χ3v) is 4.08. The van der Waals surface area contributed by atoms with Crippen LogP contribution in [0.2, 0.25) is 0 Å². The summed E-state index contributed by atoms with van der Waals surface area (Å²) in [5.41, 5.74) is 8.40. The normalized spacial score (nSPS) is 13.9. The van der Waals surface area contributed by atoms with Gasteiger partial charge in [0.25, 0.3) is 0 Å². The van der Waals surface area contributed by atoms with E-state index in [1.807, 2.05) is 48.5 Å². The average Bonchev–Trinajstić information content (AvgIpc) is 3.08. The lowest BCUT2D eigenvalue weighted by molar-refractivity contribution is -0.124. The second kappa shape index (κ2) is 7.66. The van der Waals surface area contributed by atoms with Crippen molar-refractivity contribution >= 4 is 17.9 Å². The van der Waals surface area contributed by atoms with Crippen LogP contribution in [0.1, 0.15) is 16.7 Å². The average molecular weight is 336 g/mol. The van der Waals surface area contributed by atoms with Crippen LogP contribution in [0, 0.1) is 0 Å². The number of hydrogen-bond acceptors (Lipinski definition) is 3. The number of nitrogens with one attached hydrogen (secondary N) is 1. The summed E-state index contributed by atoms with van der Waals surface area (Å²) in [5, 5.41) is 2.66. The largest absolute Gasteiger partial charge is 0.493 e. The summed E-state index contributed by atoms with van der Waals surface area (Å²) < 4.78 is 5.46. The zero-order valence-corrected chi connectivity index (χ0v) is 13.8. The molecule has 1 heterocycles. The van der Waals surface area contributed by atoms with E-state index in [0.717, 1.165) is 28.9 Å². The maximum absolute atomic E-state index is 12.1. The predicted molar refractivity (Wildman–Crippen MR) is 95.9 cm³/mol. The molecule has 0 aromatic heterocycles. The Bertz CT molecular complexity index is 800. The van der Waals surface area contributed by atoms with Crippen LogP contribution >= 0.6 is 0 Å². The molecule has 0 bridgehead atoms. The quantitative estimate of drug-likeness (QED) is 0.790. The smallest absolute Gasteiger partial charge is 0.244 e. The molecule has 1 aliphatic rings. The van der Waals surface area contributed by atoms with E-state index in [1.165, 1.54) is 6.08 Å². The summed E-state index contributed by atoms with van der Waals surface area (Å²) >= 11 is 0. The highest BCUT2D eigenvalue weighted by Crippen LogP contribution is 2.26. The Kier molecular flexibility index (Phi) is 5.14. The monoisotopic (exact) mass is 336 g/mol. The van der Waals surface area contributed by atoms with Gasteiger partial charge in [-0.1, -0.05) is 36.4 Å². The first-order valence-corrected chi connectivity index (χ1v) is 8.19. The van der Waals surface area contributed by atoms with Gasteiger partial charge in [-0.15, -0.1) is 0 Å². The zero-order chi connectivity index (χ0) is 17.6. The first kappa shape index (κ1) is 16.8. The number of rotatable bonds is 6. The molecule has 0 spiro atoms. The summed E-state index contributed by atoms with van der Waals surface area (Å²) in [6.45, 7) is 0.697. The summed E-state index contributed by atoms with van der Waals surface area (Å²) in [5.74, 6) is -0.00461. The molecule has 5 heteroatoms. The van der Waals surface area contributed by atoms with E-state index < -0.39 is 11.9 Å². The van der Waals surface area contributed by atoms with E-state index in [-0.39, 0.29) is 5.91 Å². The predicted octanol–water partition coefficient (Wildman–Crippen LogP) is 1.85. The van der Waals surface area contributed by atoms with Crippen LogP contribution in [0.3, 0.4) is 0 Å². The van der Waals surface area contributed by atoms with E-state index >= 15 is 0 Å². The minimum Gasteiger partial charge on any atom is -0.493 e. The Hall–Kier alpha value is -3.08. The Balaban J connectivity index is 1.62. The van der Waals surface area contributed by atoms with Crippen LogP contribution in [-0.2, 0) is 22.4 Å². The number of hydrogen-bond donors (Lipinski definition) is 2. The summed E-state index contributed by atoms with van der Waals surface area (Å²) in [4.78, 5) is 23.7. The second-order valence-corrected chi connectivity index (χ2v) is 5.95. The van der Waals surface area contributed by atoms with Gasteiger partial charge < -0.3 is 15.8 Å². The van der Waals surface area contributed by atoms with Crippen molar-refractivity contribution < 1.29 is 14.3 Å². The van der Waals surface area contributed by atoms with E-state index in [9.17, 15) is 9.59 Å². The molecule has 0 saturated carbocycles. The van der Waals surface area contributed by atoms with Gasteiger partial charge in [0.15, 0.2) is 0 Å². The molecule has 25 heavy (non-hydrogen) atoms. The van der Waals surface area contributed by atoms with Gasteiger partial charge in [-0.2, -0.15) is 0 Å². The number of amides is 2. The van der Waals surface area contributed by atoms with Gasteiger partial charge in [0, 0.05) is 18.9 Å². The molecule has 3 N–H and O–H groups in total. The highest BCUT2D eigenvalue weighted by atomic mass is 16.5. The lowest BCUT2D eigenvalue weighted by atomic mass is 10.1. The molecule has 0 unspecified atom stereocenters. The topological polar surface area (TPSA) is 81.4 Å². The molecular formula is C20H20N2O3. The molecule has 2 aromatic carbocycles. The lowest BCUT2D eigenvalue weighted by Gasteiger charge is -2.14. The number of ether oxygens (including phenoxy) is 1. The lowest BCUT2D eigenvalue weighted by Crippen LogP contribution is -2.45. The van der Waals surface area contributed by atoms with Crippen molar-refractivity contribution in [2.24, 2.45) is 5.73 Å². The standard InChI is InChI=1S/C20H20N2O3/c21-20(24)17(13-14-4-2-1-3-5-14)22-19(23)9-7-15-6-8-18-16(12-15)10-11-25-18/h1-9,12,17H,10-11,13H2,(H2,21,24)(H,22,23)/b9-7+/t17-/m1/s1. The van der Waals surface area contributed by atoms with Gasteiger partial charge in [-0.25, -0.2) is 0 Å². The first-order chi connectivity index (χ1) is 12.1. The Morgan fingerprint density at radius 2 is 2.00 bits per heavy atom. The van der Waals surface area contributed by atoms with Crippen LogP contribution in [0.4, 0.5) is 0 Å². The molecule has 0 aliphatic carbocycles. The summed E-state index contributed by atoms with van der Waals surface area (Å²) in [7, 11) is 0. The fourth-order valence-corrected chi connectivity index (χ4v) is 2.77. The SMILES string of the molecule is NC(=O)[C@@H](Cc1ccccc1)NC(=O)/C=C/c1ccc2c(c1)CCO2. The number of fused-ring (bicyclic) bond motifs is 1. The summed E-state index contributed by atoms with van der Waals surface area (Å²) in [6.07, 6.45) is 4.38. The Labute approximate surface area is 146 Å². The molecular weight excluding hydrogens is 316 g/mol. The van der Waals surface area contributed by atoms with Gasteiger partial charge >= 0.3 is 0 Å². The highest BCUT2D eigenvalue weighted by Gasteiger charge is 2.17. The molecule has 0 fully saturated rings. The number of primary amides is 1. The maximum atomic E-state index is 12.1. The number of nitrogens with two attached hydrogens (primary N) is 1. The van der Waals surface area contributed by atoms with Crippen molar-refractivity contribution in [2.75, 3.05) is 6.61 Å². The molecule has 0 saturated heterocycles. The molecule has 128 valence electrons. The zero-order valence-electron chi connectivity index (χ0n) is 13.8. The van der Waals surface area contributed by atoms with Crippen LogP contribution in [0.15, 0.2) is 54.6 Å². The van der Waals surface area contributed by atoms with E-state index in [2.05, 4.69) is 5.32 Å². The van der Waals surface area contributed by atoms with Crippen molar-refractivity contribution in [3.05, 3.63) is 71.3 Å². The molecule has 2 amide bonds. The van der Waals surface area contributed by atoms with Gasteiger partial charge in [0.2, 0.25) is 11.8 Å². The molecule has 5 nitrogen and oxygen atoms in total. The van der Waals surface area contributed by atoms with E-state index in [1.54, 1.807) is 6.08 Å². The number of carbonyl (C=O) groups is 2. The van der Waals surface area contributed by atoms with E-state index in [0.29, 0.717) is 13.0 Å². The van der Waals surface area contributed by atoms with Crippen molar-refractivity contribution in [3.8, 4) is 5.75 Å². The van der Waals surface area contributed by atoms with Crippen molar-refractivity contribution in [2.45, 2.75) is 18.9 Å². The first-order valence-electron chi connectivity index (χ1n) is 8.19. The minimum absolute atomic E-state index is 0.350. The molecule has 0 radical (unpaired) electrons. The van der Waals surface area contributed by atoms with Gasteiger partial charge in [0.05, 0.1) is 6.61 Å². The fraction of sp³-hybridized carbons (Fsp3) is 0.200. The molecule has 2 aromatic rings. The van der Waals surface area contributed by atoms with Crippen LogP contribution < -0.4 is 15.8 Å². The fourth-order valence-electron chi connectivity index (χ4n) is 2.77. The van der Waals surface area contributed by atoms with Gasteiger partial charge in [-0.3, -0.25) is 9.59 Å². The third kappa shape index (κ3) is 4.47. The second-order valence-electron chi connectivity index (χ2n) is 5.95. The van der Waals surface area contributed by atoms with Crippen molar-refractivity contribution in [1.82, 2.24) is 5.32 Å². The van der Waals surface area contributed by atoms with Crippen LogP contribution in [0.25, 0.3) is 6.08 Å². The maximum Gasteiger partial charge on any atom is 0.244 e. The molecule has 1 aliphatic heterocycles. The van der Waals surface area contributed by atoms with Gasteiger partial charge in [-0.05, 0) is 34.9 Å². The van der Waals surface area contributed by atoms with E-state index in [4.69, 9.17) is 10.5 Å². The van der Waals surface area contributed by atoms with Gasteiger partial charge in [0.1, 0.15) is 11.8 Å². The van der Waals surface area contributed by atoms with Crippen LogP contribution in [0.5, 0.6) is 5.75 Å². The number of carbonyl (C=O) groups excluding carboxylic acids is 2. The van der Waals surface area contributed by atoms with Crippen molar-refractivity contribution in [3.63, 3.8) is 0 Å². The summed E-state index contributed by atoms with van der Waals surface area (Å²) in [6, 6.07) is 14.5. The third-order valence-electron chi connectivity index (χ3n) is 4.08. The minimum atomic E-state index is -0.743. The number of benzene rings is 2. The van der Waals surface area contributed by atoms with Crippen LogP contribution in [-0.4, -0.2) is 24.5 Å². The molecule has 1 atom stereocenters. The highest BCUT2D eigenvalue weighted by molar-refractivity contribution is 5.95.